The molecule has 0 spiro atoms. The smallest absolute Gasteiger partial charge is 0.358 e. The summed E-state index contributed by atoms with van der Waals surface area (Å²) in [5.74, 6) is 0. The quantitative estimate of drug-likeness (QED) is 0.194. The fourth-order valence-electron chi connectivity index (χ4n) is 4.34. The van der Waals surface area contributed by atoms with Crippen molar-refractivity contribution in [1.29, 1.82) is 0 Å². The van der Waals surface area contributed by atoms with Gasteiger partial charge in [-0.25, -0.2) is 0 Å². The van der Waals surface area contributed by atoms with E-state index in [0.29, 0.717) is 0 Å². The van der Waals surface area contributed by atoms with Crippen LogP contribution in [0.3, 0.4) is 0 Å². The molecule has 0 aromatic heterocycles. The van der Waals surface area contributed by atoms with Crippen LogP contribution in [0.15, 0.2) is 24.3 Å². The van der Waals surface area contributed by atoms with E-state index in [1.54, 1.807) is 11.1 Å². The predicted octanol–water partition coefficient (Wildman–Crippen LogP) is 8.19. The third-order valence-corrected chi connectivity index (χ3v) is 6.60. The second-order valence-corrected chi connectivity index (χ2v) is 9.18. The monoisotopic (exact) mass is 556 g/mol. The van der Waals surface area contributed by atoms with Crippen molar-refractivity contribution in [2.24, 2.45) is 0 Å². The van der Waals surface area contributed by atoms with Crippen molar-refractivity contribution in [1.82, 2.24) is 0 Å². The Balaban J connectivity index is 0.000000535. The molecule has 3 aromatic carbocycles. The topological polar surface area (TPSA) is 0 Å². The van der Waals surface area contributed by atoms with Crippen LogP contribution in [0.4, 0.5) is 0 Å². The van der Waals surface area contributed by atoms with E-state index in [2.05, 4.69) is 79.7 Å². The van der Waals surface area contributed by atoms with Crippen LogP contribution < -0.4 is 0 Å². The third-order valence-electron chi connectivity index (χ3n) is 6.60. The Bertz CT molecular complexity index is 861. The van der Waals surface area contributed by atoms with E-state index in [1.807, 2.05) is 0 Å². The summed E-state index contributed by atoms with van der Waals surface area (Å²) in [4.78, 5) is 0. The molecule has 0 nitrogen and oxygen atoms in total. The van der Waals surface area contributed by atoms with Crippen molar-refractivity contribution in [3.63, 3.8) is 0 Å². The molecule has 29 heavy (non-hydrogen) atoms. The van der Waals surface area contributed by atoms with Crippen LogP contribution >= 0.6 is 0 Å². The zero-order valence-electron chi connectivity index (χ0n) is 20.4. The molecule has 4 rings (SSSR count). The van der Waals surface area contributed by atoms with Gasteiger partial charge in [0.25, 0.3) is 0 Å². The molecule has 0 fully saturated rings. The van der Waals surface area contributed by atoms with Gasteiger partial charge in [-0.05, 0) is 24.7 Å². The van der Waals surface area contributed by atoms with Crippen molar-refractivity contribution in [3.8, 4) is 0 Å². The summed E-state index contributed by atoms with van der Waals surface area (Å²) in [6.07, 6.45) is 3.90. The van der Waals surface area contributed by atoms with E-state index in [4.69, 9.17) is 0 Å². The van der Waals surface area contributed by atoms with Gasteiger partial charge in [-0.3, -0.25) is 0 Å². The first kappa shape index (κ1) is 28.1. The molecular weight excluding hydrogens is 515 g/mol. The van der Waals surface area contributed by atoms with E-state index in [0.717, 1.165) is 0 Å². The van der Waals surface area contributed by atoms with E-state index in [9.17, 15) is 0 Å². The summed E-state index contributed by atoms with van der Waals surface area (Å²) in [6.45, 7) is 17.9. The molecular formula is C28H40Hf. The first-order valence-electron chi connectivity index (χ1n) is 10.0. The van der Waals surface area contributed by atoms with Crippen molar-refractivity contribution in [2.75, 3.05) is 0 Å². The molecule has 0 N–H and O–H groups in total. The van der Waals surface area contributed by atoms with E-state index in [-0.39, 0.29) is 46.1 Å². The Hall–Kier alpha value is -0.950. The molecule has 0 unspecified atom stereocenters. The Morgan fingerprint density at radius 2 is 1.31 bits per heavy atom. The Kier molecular flexibility index (Phi) is 10.0. The average molecular weight is 555 g/mol. The van der Waals surface area contributed by atoms with Gasteiger partial charge in [-0.1, -0.05) is 66.5 Å². The number of hydrogen-bond donors (Lipinski definition) is 0. The Labute approximate surface area is 199 Å². The van der Waals surface area contributed by atoms with Crippen LogP contribution in [-0.4, -0.2) is 0 Å². The fraction of sp³-hybridized carbons (Fsp3) is 0.429. The Morgan fingerprint density at radius 1 is 0.828 bits per heavy atom. The van der Waals surface area contributed by atoms with Crippen LogP contribution in [0.25, 0.3) is 10.8 Å². The summed E-state index contributed by atoms with van der Waals surface area (Å²) in [5, 5.41) is 2.92. The second-order valence-electron chi connectivity index (χ2n) is 9.18. The van der Waals surface area contributed by atoms with Gasteiger partial charge in [0.1, 0.15) is 0 Å². The largest absolute Gasteiger partial charge is 4.00 e. The summed E-state index contributed by atoms with van der Waals surface area (Å²) >= 11 is 0. The standard InChI is InChI=1S/C16H19.C10H15.2CH3.Hf/c1-16(2,3)15-8-7-13-9-11-5-4-6-12(11)10-14(13)15;1-6-7(2)9(4)10(5)8(6)3;;;/h7-10H,4-6H2,1-3H3;1-5H3;2*1H3;/q4*-1;+4. The van der Waals surface area contributed by atoms with Crippen LogP contribution in [0, 0.1) is 49.5 Å². The number of rotatable bonds is 0. The predicted molar refractivity (Wildman–Crippen MR) is 129 cm³/mol. The summed E-state index contributed by atoms with van der Waals surface area (Å²) in [6, 6.07) is 9.44. The molecule has 0 radical (unpaired) electrons. The van der Waals surface area contributed by atoms with Crippen molar-refractivity contribution < 1.29 is 25.8 Å². The summed E-state index contributed by atoms with van der Waals surface area (Å²) < 4.78 is 0. The summed E-state index contributed by atoms with van der Waals surface area (Å²) in [7, 11) is 0. The van der Waals surface area contributed by atoms with E-state index >= 15 is 0 Å². The average Bonchev–Trinajstić information content (AvgIpc) is 3.25. The van der Waals surface area contributed by atoms with Gasteiger partial charge in [-0.15, -0.1) is 34.5 Å². The number of hydrogen-bond acceptors (Lipinski definition) is 0. The molecule has 156 valence electrons. The first-order chi connectivity index (χ1) is 12.1. The fourth-order valence-corrected chi connectivity index (χ4v) is 4.34. The minimum Gasteiger partial charge on any atom is -0.358 e. The van der Waals surface area contributed by atoms with Gasteiger partial charge >= 0.3 is 25.8 Å². The number of aryl methyl sites for hydroxylation is 2. The first-order valence-corrected chi connectivity index (χ1v) is 10.0. The molecule has 0 atom stereocenters. The van der Waals surface area contributed by atoms with Crippen LogP contribution in [0.5, 0.6) is 0 Å². The molecule has 0 saturated heterocycles. The molecule has 0 amide bonds. The molecule has 0 aliphatic heterocycles. The number of fused-ring (bicyclic) bond motifs is 2. The van der Waals surface area contributed by atoms with Gasteiger partial charge in [-0.2, -0.15) is 33.9 Å². The SMILES string of the molecule is CC(C)(C)[c-]1ccc2cc3c(cc21)CCC3.Cc1c(C)c(C)[c-](C)c1C.[CH3-].[CH3-].[Hf+4]. The van der Waals surface area contributed by atoms with Crippen molar-refractivity contribution in [2.45, 2.75) is 80.1 Å². The third kappa shape index (κ3) is 5.40. The zero-order valence-corrected chi connectivity index (χ0v) is 24.0. The number of benzene rings is 1. The van der Waals surface area contributed by atoms with E-state index in [1.165, 1.54) is 63.4 Å². The van der Waals surface area contributed by atoms with E-state index < -0.39 is 0 Å². The van der Waals surface area contributed by atoms with Gasteiger partial charge in [0.2, 0.25) is 0 Å². The molecule has 0 heterocycles. The second kappa shape index (κ2) is 10.4. The minimum absolute atomic E-state index is 0. The van der Waals surface area contributed by atoms with Crippen molar-refractivity contribution in [3.05, 3.63) is 83.6 Å². The molecule has 0 saturated carbocycles. The van der Waals surface area contributed by atoms with Gasteiger partial charge < -0.3 is 14.9 Å². The van der Waals surface area contributed by atoms with Gasteiger partial charge in [0.15, 0.2) is 0 Å². The molecule has 1 heteroatoms. The maximum Gasteiger partial charge on any atom is 4.00 e. The summed E-state index contributed by atoms with van der Waals surface area (Å²) in [5.41, 5.74) is 12.3. The molecule has 0 bridgehead atoms. The normalized spacial score (nSPS) is 12.3. The van der Waals surface area contributed by atoms with Crippen LogP contribution in [0.2, 0.25) is 0 Å². The zero-order chi connectivity index (χ0) is 19.2. The minimum atomic E-state index is 0. The maximum absolute atomic E-state index is 2.44. The van der Waals surface area contributed by atoms with Gasteiger partial charge in [0.05, 0.1) is 0 Å². The van der Waals surface area contributed by atoms with Gasteiger partial charge in [0, 0.05) is 0 Å². The molecule has 3 aromatic rings. The Morgan fingerprint density at radius 3 is 1.72 bits per heavy atom. The van der Waals surface area contributed by atoms with Crippen molar-refractivity contribution >= 4 is 10.8 Å². The molecule has 1 aliphatic rings. The van der Waals surface area contributed by atoms with Crippen LogP contribution in [-0.2, 0) is 44.1 Å². The maximum atomic E-state index is 2.44. The molecule has 1 aliphatic carbocycles. The van der Waals surface area contributed by atoms with Crippen LogP contribution in [0.1, 0.15) is 71.7 Å².